The first kappa shape index (κ1) is 14.5. The van der Waals surface area contributed by atoms with E-state index in [0.717, 1.165) is 39.6 Å². The second kappa shape index (κ2) is 5.50. The highest BCUT2D eigenvalue weighted by atomic mass is 32.1. The molecule has 4 heterocycles. The SMILES string of the molecule is C[C@H]1CN(c2cc(N)nc3cc(-c4ccn[nH]4)sc23)C[C@H](C)O1. The molecular formula is C16H19N5OS. The molecule has 0 aliphatic carbocycles. The Balaban J connectivity index is 1.82. The van der Waals surface area contributed by atoms with Gasteiger partial charge in [-0.3, -0.25) is 5.10 Å². The number of hydrogen-bond donors (Lipinski definition) is 2. The van der Waals surface area contributed by atoms with Crippen molar-refractivity contribution in [3.63, 3.8) is 0 Å². The number of anilines is 2. The van der Waals surface area contributed by atoms with Crippen LogP contribution in [0.5, 0.6) is 0 Å². The second-order valence-electron chi connectivity index (χ2n) is 6.02. The van der Waals surface area contributed by atoms with E-state index in [9.17, 15) is 0 Å². The number of nitrogens with two attached hydrogens (primary N) is 1. The first-order chi connectivity index (χ1) is 11.1. The van der Waals surface area contributed by atoms with Crippen molar-refractivity contribution in [1.29, 1.82) is 0 Å². The van der Waals surface area contributed by atoms with Crippen molar-refractivity contribution >= 4 is 33.1 Å². The van der Waals surface area contributed by atoms with Crippen LogP contribution in [0.1, 0.15) is 13.8 Å². The van der Waals surface area contributed by atoms with E-state index in [1.807, 2.05) is 12.1 Å². The van der Waals surface area contributed by atoms with Gasteiger partial charge in [-0.15, -0.1) is 11.3 Å². The minimum atomic E-state index is 0.204. The number of aromatic amines is 1. The molecule has 0 amide bonds. The van der Waals surface area contributed by atoms with E-state index in [1.54, 1.807) is 17.5 Å². The van der Waals surface area contributed by atoms with Gasteiger partial charge in [-0.25, -0.2) is 4.98 Å². The fourth-order valence-electron chi connectivity index (χ4n) is 3.16. The lowest BCUT2D eigenvalue weighted by Gasteiger charge is -2.37. The van der Waals surface area contributed by atoms with Crippen LogP contribution in [-0.4, -0.2) is 40.5 Å². The Morgan fingerprint density at radius 3 is 2.78 bits per heavy atom. The highest BCUT2D eigenvalue weighted by Crippen LogP contribution is 2.39. The largest absolute Gasteiger partial charge is 0.384 e. The Hall–Kier alpha value is -2.12. The Kier molecular flexibility index (Phi) is 3.46. The summed E-state index contributed by atoms with van der Waals surface area (Å²) in [5, 5.41) is 7.04. The molecule has 3 aromatic heterocycles. The molecule has 1 saturated heterocycles. The van der Waals surface area contributed by atoms with Crippen LogP contribution in [-0.2, 0) is 4.74 Å². The first-order valence-corrected chi connectivity index (χ1v) is 8.52. The summed E-state index contributed by atoms with van der Waals surface area (Å²) in [4.78, 5) is 7.97. The Morgan fingerprint density at radius 1 is 1.30 bits per heavy atom. The fourth-order valence-corrected chi connectivity index (χ4v) is 4.28. The van der Waals surface area contributed by atoms with Gasteiger partial charge in [0.15, 0.2) is 0 Å². The van der Waals surface area contributed by atoms with Crippen LogP contribution in [0.2, 0.25) is 0 Å². The molecule has 2 atom stereocenters. The molecule has 3 N–H and O–H groups in total. The fraction of sp³-hybridized carbons (Fsp3) is 0.375. The third-order valence-corrected chi connectivity index (χ3v) is 5.19. The standard InChI is InChI=1S/C16H19N5OS/c1-9-7-21(8-10(2)22-9)13-6-15(17)19-12-5-14(23-16(12)13)11-3-4-18-20-11/h3-6,9-10H,7-8H2,1-2H3,(H2,17,19)(H,18,20)/t9-,10-/m0/s1. The van der Waals surface area contributed by atoms with Crippen LogP contribution in [0.4, 0.5) is 11.5 Å². The number of ether oxygens (including phenoxy) is 1. The predicted octanol–water partition coefficient (Wildman–Crippen LogP) is 2.88. The minimum absolute atomic E-state index is 0.204. The van der Waals surface area contributed by atoms with E-state index in [-0.39, 0.29) is 12.2 Å². The number of H-pyrrole nitrogens is 1. The van der Waals surface area contributed by atoms with Gasteiger partial charge < -0.3 is 15.4 Å². The van der Waals surface area contributed by atoms with E-state index in [2.05, 4.69) is 40.0 Å². The van der Waals surface area contributed by atoms with Gasteiger partial charge in [-0.1, -0.05) is 0 Å². The monoisotopic (exact) mass is 329 g/mol. The molecule has 0 unspecified atom stereocenters. The zero-order valence-electron chi connectivity index (χ0n) is 13.1. The number of fused-ring (bicyclic) bond motifs is 1. The third kappa shape index (κ3) is 2.66. The lowest BCUT2D eigenvalue weighted by atomic mass is 10.2. The van der Waals surface area contributed by atoms with Crippen molar-refractivity contribution in [1.82, 2.24) is 15.2 Å². The van der Waals surface area contributed by atoms with E-state index in [1.165, 1.54) is 0 Å². The van der Waals surface area contributed by atoms with Crippen molar-refractivity contribution in [2.75, 3.05) is 23.7 Å². The van der Waals surface area contributed by atoms with Gasteiger partial charge >= 0.3 is 0 Å². The van der Waals surface area contributed by atoms with Crippen molar-refractivity contribution < 1.29 is 4.74 Å². The molecule has 23 heavy (non-hydrogen) atoms. The van der Waals surface area contributed by atoms with Gasteiger partial charge in [0.25, 0.3) is 0 Å². The van der Waals surface area contributed by atoms with E-state index in [0.29, 0.717) is 5.82 Å². The van der Waals surface area contributed by atoms with Gasteiger partial charge in [0.1, 0.15) is 5.82 Å². The quantitative estimate of drug-likeness (QED) is 0.755. The van der Waals surface area contributed by atoms with Gasteiger partial charge in [-0.2, -0.15) is 5.10 Å². The molecule has 7 heteroatoms. The minimum Gasteiger partial charge on any atom is -0.384 e. The summed E-state index contributed by atoms with van der Waals surface area (Å²) in [6, 6.07) is 6.01. The average molecular weight is 329 g/mol. The molecule has 0 spiro atoms. The lowest BCUT2D eigenvalue weighted by molar-refractivity contribution is -0.00512. The third-order valence-electron chi connectivity index (χ3n) is 4.01. The van der Waals surface area contributed by atoms with Crippen LogP contribution in [0.25, 0.3) is 20.8 Å². The molecule has 0 bridgehead atoms. The van der Waals surface area contributed by atoms with E-state index < -0.39 is 0 Å². The molecule has 1 aliphatic rings. The van der Waals surface area contributed by atoms with Crippen LogP contribution in [0, 0.1) is 0 Å². The van der Waals surface area contributed by atoms with E-state index >= 15 is 0 Å². The van der Waals surface area contributed by atoms with Gasteiger partial charge in [0, 0.05) is 25.4 Å². The summed E-state index contributed by atoms with van der Waals surface area (Å²) >= 11 is 1.71. The predicted molar refractivity (Wildman–Crippen MR) is 93.8 cm³/mol. The average Bonchev–Trinajstić information content (AvgIpc) is 3.13. The van der Waals surface area contributed by atoms with Gasteiger partial charge in [-0.05, 0) is 26.0 Å². The lowest BCUT2D eigenvalue weighted by Crippen LogP contribution is -2.45. The number of thiophene rings is 1. The number of nitrogens with one attached hydrogen (secondary N) is 1. The number of hydrogen-bond acceptors (Lipinski definition) is 6. The van der Waals surface area contributed by atoms with Gasteiger partial charge in [0.05, 0.1) is 38.7 Å². The Labute approximate surface area is 138 Å². The van der Waals surface area contributed by atoms with Crippen molar-refractivity contribution in [3.8, 4) is 10.6 Å². The topological polar surface area (TPSA) is 80.1 Å². The maximum atomic E-state index is 6.04. The highest BCUT2D eigenvalue weighted by Gasteiger charge is 2.25. The Morgan fingerprint density at radius 2 is 2.09 bits per heavy atom. The number of nitrogens with zero attached hydrogens (tertiary/aromatic N) is 3. The summed E-state index contributed by atoms with van der Waals surface area (Å²) in [6.45, 7) is 5.93. The molecule has 0 saturated carbocycles. The molecule has 1 fully saturated rings. The van der Waals surface area contributed by atoms with Crippen LogP contribution in [0.15, 0.2) is 24.4 Å². The number of nitrogen functional groups attached to an aromatic ring is 1. The number of morpholine rings is 1. The molecule has 0 aromatic carbocycles. The molecule has 3 aromatic rings. The maximum Gasteiger partial charge on any atom is 0.126 e. The number of pyridine rings is 1. The first-order valence-electron chi connectivity index (χ1n) is 7.70. The molecule has 6 nitrogen and oxygen atoms in total. The second-order valence-corrected chi connectivity index (χ2v) is 7.08. The zero-order valence-corrected chi connectivity index (χ0v) is 13.9. The number of rotatable bonds is 2. The van der Waals surface area contributed by atoms with Crippen molar-refractivity contribution in [2.24, 2.45) is 0 Å². The molecule has 0 radical (unpaired) electrons. The summed E-state index contributed by atoms with van der Waals surface area (Å²) in [6.07, 6.45) is 2.17. The summed E-state index contributed by atoms with van der Waals surface area (Å²) < 4.78 is 7.00. The zero-order chi connectivity index (χ0) is 16.0. The normalized spacial score (nSPS) is 21.9. The van der Waals surface area contributed by atoms with Crippen LogP contribution in [0.3, 0.4) is 0 Å². The summed E-state index contributed by atoms with van der Waals surface area (Å²) in [5.41, 5.74) is 9.12. The maximum absolute atomic E-state index is 6.04. The smallest absolute Gasteiger partial charge is 0.126 e. The summed E-state index contributed by atoms with van der Waals surface area (Å²) in [5.74, 6) is 0.549. The van der Waals surface area contributed by atoms with Gasteiger partial charge in [0.2, 0.25) is 0 Å². The highest BCUT2D eigenvalue weighted by molar-refractivity contribution is 7.22. The van der Waals surface area contributed by atoms with Crippen molar-refractivity contribution in [2.45, 2.75) is 26.1 Å². The molecule has 120 valence electrons. The van der Waals surface area contributed by atoms with Crippen molar-refractivity contribution in [3.05, 3.63) is 24.4 Å². The molecular weight excluding hydrogens is 310 g/mol. The van der Waals surface area contributed by atoms with Crippen LogP contribution >= 0.6 is 11.3 Å². The number of aromatic nitrogens is 3. The van der Waals surface area contributed by atoms with E-state index in [4.69, 9.17) is 10.5 Å². The van der Waals surface area contributed by atoms with Crippen LogP contribution < -0.4 is 10.6 Å². The molecule has 1 aliphatic heterocycles. The Bertz CT molecular complexity index is 818. The molecule has 4 rings (SSSR count). The summed E-state index contributed by atoms with van der Waals surface area (Å²) in [7, 11) is 0.